The number of nitrogens with zero attached hydrogens (tertiary/aromatic N) is 3. The molecule has 0 saturated carbocycles. The molecule has 1 aliphatic heterocycles. The second-order valence-corrected chi connectivity index (χ2v) is 5.99. The van der Waals surface area contributed by atoms with Gasteiger partial charge < -0.3 is 9.15 Å². The maximum Gasteiger partial charge on any atom is 0.438 e. The molecule has 0 bridgehead atoms. The first-order chi connectivity index (χ1) is 12.1. The number of aromatic nitrogens is 2. The van der Waals surface area contributed by atoms with Crippen LogP contribution in [-0.2, 0) is 16.2 Å². The van der Waals surface area contributed by atoms with Crippen LogP contribution >= 0.6 is 0 Å². The van der Waals surface area contributed by atoms with E-state index in [1.165, 1.54) is 28.9 Å². The van der Waals surface area contributed by atoms with E-state index in [0.717, 1.165) is 19.4 Å². The Morgan fingerprint density at radius 1 is 1.40 bits per heavy atom. The summed E-state index contributed by atoms with van der Waals surface area (Å²) in [7, 11) is 0. The number of esters is 1. The predicted octanol–water partition coefficient (Wildman–Crippen LogP) is 1.87. The molecule has 8 heteroatoms. The standard InChI is InChI=1S/C17H20FN3O4/c1-2-24-16(22)13-4-3-9-20(10-13)11-21-17(23)25-15(19-21)12-5-7-14(18)8-6-12/h5-8,13H,2-4,9-11H2,1H3. The second kappa shape index (κ2) is 7.60. The number of likely N-dealkylation sites (tertiary alicyclic amines) is 1. The molecule has 1 aliphatic rings. The fourth-order valence-electron chi connectivity index (χ4n) is 2.93. The molecule has 0 aliphatic carbocycles. The monoisotopic (exact) mass is 349 g/mol. The highest BCUT2D eigenvalue weighted by atomic mass is 19.1. The largest absolute Gasteiger partial charge is 0.466 e. The third-order valence-corrected chi connectivity index (χ3v) is 4.16. The van der Waals surface area contributed by atoms with E-state index in [4.69, 9.17) is 9.15 Å². The van der Waals surface area contributed by atoms with Crippen LogP contribution in [0.25, 0.3) is 11.5 Å². The molecule has 0 spiro atoms. The zero-order chi connectivity index (χ0) is 17.8. The number of benzene rings is 1. The van der Waals surface area contributed by atoms with E-state index in [1.807, 2.05) is 4.90 Å². The van der Waals surface area contributed by atoms with Crippen molar-refractivity contribution in [1.82, 2.24) is 14.7 Å². The van der Waals surface area contributed by atoms with Gasteiger partial charge in [0.15, 0.2) is 0 Å². The molecule has 2 aromatic rings. The number of piperidine rings is 1. The summed E-state index contributed by atoms with van der Waals surface area (Å²) in [6, 6.07) is 5.57. The third-order valence-electron chi connectivity index (χ3n) is 4.16. The molecule has 7 nitrogen and oxygen atoms in total. The highest BCUT2D eigenvalue weighted by molar-refractivity contribution is 5.72. The first kappa shape index (κ1) is 17.3. The van der Waals surface area contributed by atoms with Crippen LogP contribution in [0, 0.1) is 11.7 Å². The lowest BCUT2D eigenvalue weighted by molar-refractivity contribution is -0.150. The average molecular weight is 349 g/mol. The predicted molar refractivity (Wildman–Crippen MR) is 87.1 cm³/mol. The van der Waals surface area contributed by atoms with Gasteiger partial charge in [-0.05, 0) is 50.6 Å². The summed E-state index contributed by atoms with van der Waals surface area (Å²) in [5.41, 5.74) is 0.528. The van der Waals surface area contributed by atoms with Crippen molar-refractivity contribution in [3.05, 3.63) is 40.6 Å². The molecular weight excluding hydrogens is 329 g/mol. The molecule has 3 rings (SSSR count). The SMILES string of the molecule is CCOC(=O)C1CCCN(Cn2nc(-c3ccc(F)cc3)oc2=O)C1. The van der Waals surface area contributed by atoms with Crippen LogP contribution in [0.3, 0.4) is 0 Å². The zero-order valence-corrected chi connectivity index (χ0v) is 14.0. The Balaban J connectivity index is 1.69. The van der Waals surface area contributed by atoms with Gasteiger partial charge in [-0.25, -0.2) is 9.18 Å². The highest BCUT2D eigenvalue weighted by Crippen LogP contribution is 2.19. The van der Waals surface area contributed by atoms with E-state index >= 15 is 0 Å². The van der Waals surface area contributed by atoms with Gasteiger partial charge in [0, 0.05) is 12.1 Å². The van der Waals surface area contributed by atoms with E-state index in [-0.39, 0.29) is 30.3 Å². The van der Waals surface area contributed by atoms with Crippen LogP contribution in [0.15, 0.2) is 33.5 Å². The van der Waals surface area contributed by atoms with Crippen LogP contribution in [0.4, 0.5) is 4.39 Å². The lowest BCUT2D eigenvalue weighted by Gasteiger charge is -2.30. The van der Waals surface area contributed by atoms with Gasteiger partial charge in [0.2, 0.25) is 5.89 Å². The molecule has 134 valence electrons. The molecule has 1 atom stereocenters. The Kier molecular flexibility index (Phi) is 5.28. The zero-order valence-electron chi connectivity index (χ0n) is 14.0. The summed E-state index contributed by atoms with van der Waals surface area (Å²) < 4.78 is 24.4. The van der Waals surface area contributed by atoms with E-state index in [2.05, 4.69) is 5.10 Å². The molecule has 1 saturated heterocycles. The Labute approximate surface area is 144 Å². The number of hydrogen-bond donors (Lipinski definition) is 0. The fraction of sp³-hybridized carbons (Fsp3) is 0.471. The van der Waals surface area contributed by atoms with Crippen LogP contribution in [0.1, 0.15) is 19.8 Å². The molecular formula is C17H20FN3O4. The van der Waals surface area contributed by atoms with Crippen molar-refractivity contribution in [2.24, 2.45) is 5.92 Å². The lowest BCUT2D eigenvalue weighted by atomic mass is 9.99. The summed E-state index contributed by atoms with van der Waals surface area (Å²) in [6.45, 7) is 3.66. The summed E-state index contributed by atoms with van der Waals surface area (Å²) in [4.78, 5) is 25.9. The minimum absolute atomic E-state index is 0.143. The number of halogens is 1. The minimum Gasteiger partial charge on any atom is -0.466 e. The van der Waals surface area contributed by atoms with E-state index in [1.54, 1.807) is 6.92 Å². The van der Waals surface area contributed by atoms with Gasteiger partial charge in [0.25, 0.3) is 0 Å². The van der Waals surface area contributed by atoms with Crippen molar-refractivity contribution >= 4 is 5.97 Å². The number of carbonyl (C=O) groups excluding carboxylic acids is 1. The van der Waals surface area contributed by atoms with Crippen LogP contribution in [0.5, 0.6) is 0 Å². The van der Waals surface area contributed by atoms with E-state index < -0.39 is 5.76 Å². The summed E-state index contributed by atoms with van der Waals surface area (Å²) in [6.07, 6.45) is 1.63. The van der Waals surface area contributed by atoms with Crippen molar-refractivity contribution < 1.29 is 18.3 Å². The molecule has 25 heavy (non-hydrogen) atoms. The van der Waals surface area contributed by atoms with Crippen LogP contribution in [0.2, 0.25) is 0 Å². The molecule has 0 amide bonds. The second-order valence-electron chi connectivity index (χ2n) is 5.99. The topological polar surface area (TPSA) is 77.6 Å². The number of carbonyl (C=O) groups is 1. The first-order valence-electron chi connectivity index (χ1n) is 8.29. The molecule has 1 unspecified atom stereocenters. The fourth-order valence-corrected chi connectivity index (χ4v) is 2.93. The van der Waals surface area contributed by atoms with Gasteiger partial charge >= 0.3 is 11.7 Å². The quantitative estimate of drug-likeness (QED) is 0.767. The van der Waals surface area contributed by atoms with E-state index in [9.17, 15) is 14.0 Å². The molecule has 1 aromatic heterocycles. The number of rotatable bonds is 5. The van der Waals surface area contributed by atoms with Crippen molar-refractivity contribution in [1.29, 1.82) is 0 Å². The normalized spacial score (nSPS) is 18.2. The lowest BCUT2D eigenvalue weighted by Crippen LogP contribution is -2.41. The van der Waals surface area contributed by atoms with Crippen LogP contribution in [-0.4, -0.2) is 40.3 Å². The van der Waals surface area contributed by atoms with Crippen molar-refractivity contribution in [2.75, 3.05) is 19.7 Å². The van der Waals surface area contributed by atoms with Gasteiger partial charge in [0.05, 0.1) is 12.5 Å². The number of ether oxygens (including phenoxy) is 1. The average Bonchev–Trinajstić information content (AvgIpc) is 2.97. The molecule has 0 radical (unpaired) electrons. The maximum atomic E-state index is 13.0. The Morgan fingerprint density at radius 3 is 2.88 bits per heavy atom. The molecule has 2 heterocycles. The smallest absolute Gasteiger partial charge is 0.438 e. The minimum atomic E-state index is -0.586. The van der Waals surface area contributed by atoms with Crippen molar-refractivity contribution in [3.63, 3.8) is 0 Å². The maximum absolute atomic E-state index is 13.0. The Morgan fingerprint density at radius 2 is 2.16 bits per heavy atom. The summed E-state index contributed by atoms with van der Waals surface area (Å²) in [5.74, 6) is -1.20. The molecule has 1 fully saturated rings. The Hall–Kier alpha value is -2.48. The summed E-state index contributed by atoms with van der Waals surface area (Å²) in [5, 5.41) is 4.17. The number of hydrogen-bond acceptors (Lipinski definition) is 6. The van der Waals surface area contributed by atoms with Crippen molar-refractivity contribution in [2.45, 2.75) is 26.4 Å². The first-order valence-corrected chi connectivity index (χ1v) is 8.29. The summed E-state index contributed by atoms with van der Waals surface area (Å²) >= 11 is 0. The Bertz CT molecular complexity index is 784. The third kappa shape index (κ3) is 4.14. The van der Waals surface area contributed by atoms with Crippen LogP contribution < -0.4 is 5.76 Å². The van der Waals surface area contributed by atoms with Gasteiger partial charge in [-0.3, -0.25) is 9.69 Å². The van der Waals surface area contributed by atoms with E-state index in [0.29, 0.717) is 18.7 Å². The molecule has 1 aromatic carbocycles. The van der Waals surface area contributed by atoms with Gasteiger partial charge in [-0.15, -0.1) is 5.10 Å². The van der Waals surface area contributed by atoms with Gasteiger partial charge in [-0.1, -0.05) is 0 Å². The van der Waals surface area contributed by atoms with Gasteiger partial charge in [-0.2, -0.15) is 4.68 Å². The van der Waals surface area contributed by atoms with Crippen molar-refractivity contribution in [3.8, 4) is 11.5 Å². The highest BCUT2D eigenvalue weighted by Gasteiger charge is 2.27. The molecule has 0 N–H and O–H groups in total. The van der Waals surface area contributed by atoms with Gasteiger partial charge in [0.1, 0.15) is 12.5 Å².